The van der Waals surface area contributed by atoms with E-state index in [-0.39, 0.29) is 11.7 Å². The van der Waals surface area contributed by atoms with E-state index in [2.05, 4.69) is 4.98 Å². The van der Waals surface area contributed by atoms with E-state index in [0.717, 1.165) is 10.1 Å². The Kier molecular flexibility index (Phi) is 3.03. The van der Waals surface area contributed by atoms with Crippen molar-refractivity contribution in [1.29, 1.82) is 0 Å². The van der Waals surface area contributed by atoms with Gasteiger partial charge in [-0.25, -0.2) is 4.98 Å². The summed E-state index contributed by atoms with van der Waals surface area (Å²) in [4.78, 5) is 4.11. The Hall–Kier alpha value is -1.23. The number of aryl methyl sites for hydroxylation is 1. The van der Waals surface area contributed by atoms with E-state index in [1.54, 1.807) is 25.1 Å². The molecule has 17 heavy (non-hydrogen) atoms. The van der Waals surface area contributed by atoms with Crippen LogP contribution in [0.1, 0.15) is 11.4 Å². The second kappa shape index (κ2) is 4.22. The van der Waals surface area contributed by atoms with E-state index < -0.39 is 12.7 Å². The van der Waals surface area contributed by atoms with Crippen LogP contribution in [0.25, 0.3) is 11.0 Å². The molecule has 0 N–H and O–H groups in total. The minimum absolute atomic E-state index is 0.0375. The third-order valence-corrected chi connectivity index (χ3v) is 2.74. The van der Waals surface area contributed by atoms with Crippen LogP contribution in [-0.4, -0.2) is 15.7 Å². The van der Waals surface area contributed by atoms with Gasteiger partial charge in [0, 0.05) is 0 Å². The molecule has 2 nitrogen and oxygen atoms in total. The highest BCUT2D eigenvalue weighted by molar-refractivity contribution is 6.16. The molecule has 0 unspecified atom stereocenters. The van der Waals surface area contributed by atoms with Crippen LogP contribution in [0.4, 0.5) is 13.2 Å². The molecule has 0 saturated carbocycles. The van der Waals surface area contributed by atoms with Gasteiger partial charge in [-0.2, -0.15) is 13.2 Å². The van der Waals surface area contributed by atoms with Crippen LogP contribution < -0.4 is 0 Å². The van der Waals surface area contributed by atoms with Gasteiger partial charge in [-0.15, -0.1) is 11.6 Å². The summed E-state index contributed by atoms with van der Waals surface area (Å²) in [5, 5.41) is 0. The third kappa shape index (κ3) is 2.39. The van der Waals surface area contributed by atoms with Crippen molar-refractivity contribution in [3.8, 4) is 0 Å². The Morgan fingerprint density at radius 2 is 2.06 bits per heavy atom. The molecule has 0 atom stereocenters. The van der Waals surface area contributed by atoms with Gasteiger partial charge in [0.15, 0.2) is 0 Å². The van der Waals surface area contributed by atoms with E-state index in [9.17, 15) is 13.2 Å². The van der Waals surface area contributed by atoms with Crippen LogP contribution in [-0.2, 0) is 12.4 Å². The van der Waals surface area contributed by atoms with Gasteiger partial charge in [0.2, 0.25) is 0 Å². The number of alkyl halides is 4. The zero-order chi connectivity index (χ0) is 12.6. The van der Waals surface area contributed by atoms with Crippen molar-refractivity contribution in [3.63, 3.8) is 0 Å². The lowest BCUT2D eigenvalue weighted by Crippen LogP contribution is -2.19. The Morgan fingerprint density at radius 3 is 2.65 bits per heavy atom. The van der Waals surface area contributed by atoms with Crippen LogP contribution in [0.3, 0.4) is 0 Å². The molecule has 6 heteroatoms. The molecule has 0 radical (unpaired) electrons. The number of para-hydroxylation sites is 1. The first-order valence-corrected chi connectivity index (χ1v) is 5.53. The Morgan fingerprint density at radius 1 is 1.35 bits per heavy atom. The van der Waals surface area contributed by atoms with Gasteiger partial charge in [0.25, 0.3) is 0 Å². The van der Waals surface area contributed by atoms with Gasteiger partial charge in [-0.3, -0.25) is 0 Å². The smallest absolute Gasteiger partial charge is 0.318 e. The average Bonchev–Trinajstić information content (AvgIpc) is 2.55. The maximum absolute atomic E-state index is 12.5. The van der Waals surface area contributed by atoms with E-state index in [4.69, 9.17) is 11.6 Å². The van der Waals surface area contributed by atoms with Gasteiger partial charge >= 0.3 is 6.18 Å². The van der Waals surface area contributed by atoms with E-state index in [1.807, 2.05) is 0 Å². The third-order valence-electron chi connectivity index (χ3n) is 2.50. The summed E-state index contributed by atoms with van der Waals surface area (Å²) in [6, 6.07) is 5.21. The highest BCUT2D eigenvalue weighted by Crippen LogP contribution is 2.26. The predicted octanol–water partition coefficient (Wildman–Crippen LogP) is 3.65. The standard InChI is InChI=1S/C11H10ClF3N2/c1-7-3-2-4-8-10(7)17(6-11(13,14)15)9(5-12)16-8/h2-4H,5-6H2,1H3. The van der Waals surface area contributed by atoms with Crippen LogP contribution in [0.5, 0.6) is 0 Å². The number of halogens is 4. The topological polar surface area (TPSA) is 17.8 Å². The van der Waals surface area contributed by atoms with Crippen LogP contribution in [0, 0.1) is 6.92 Å². The molecule has 1 heterocycles. The summed E-state index contributed by atoms with van der Waals surface area (Å²) in [7, 11) is 0. The number of hydrogen-bond donors (Lipinski definition) is 0. The number of imidazole rings is 1. The molecule has 92 valence electrons. The first kappa shape index (κ1) is 12.2. The molecule has 2 aromatic rings. The van der Waals surface area contributed by atoms with E-state index in [1.165, 1.54) is 0 Å². The van der Waals surface area contributed by atoms with Crippen molar-refractivity contribution >= 4 is 22.6 Å². The zero-order valence-electron chi connectivity index (χ0n) is 9.05. The van der Waals surface area contributed by atoms with Crippen molar-refractivity contribution < 1.29 is 13.2 Å². The molecular formula is C11H10ClF3N2. The van der Waals surface area contributed by atoms with Gasteiger partial charge < -0.3 is 4.57 Å². The number of nitrogens with zero attached hydrogens (tertiary/aromatic N) is 2. The number of fused-ring (bicyclic) bond motifs is 1. The Labute approximate surface area is 101 Å². The van der Waals surface area contributed by atoms with Crippen LogP contribution in [0.2, 0.25) is 0 Å². The molecule has 2 rings (SSSR count). The summed E-state index contributed by atoms with van der Waals surface area (Å²) in [5.74, 6) is 0.206. The lowest BCUT2D eigenvalue weighted by molar-refractivity contribution is -0.140. The van der Waals surface area contributed by atoms with Crippen molar-refractivity contribution in [2.45, 2.75) is 25.5 Å². The fourth-order valence-corrected chi connectivity index (χ4v) is 2.07. The van der Waals surface area contributed by atoms with Crippen molar-refractivity contribution in [1.82, 2.24) is 9.55 Å². The molecule has 0 fully saturated rings. The SMILES string of the molecule is Cc1cccc2nc(CCl)n(CC(F)(F)F)c12. The van der Waals surface area contributed by atoms with Crippen molar-refractivity contribution in [2.24, 2.45) is 0 Å². The van der Waals surface area contributed by atoms with Crippen LogP contribution in [0.15, 0.2) is 18.2 Å². The highest BCUT2D eigenvalue weighted by atomic mass is 35.5. The van der Waals surface area contributed by atoms with E-state index >= 15 is 0 Å². The number of hydrogen-bond acceptors (Lipinski definition) is 1. The molecule has 0 aliphatic heterocycles. The second-order valence-corrected chi connectivity index (χ2v) is 4.07. The number of aromatic nitrogens is 2. The average molecular weight is 263 g/mol. The summed E-state index contributed by atoms with van der Waals surface area (Å²) in [6.45, 7) is 0.700. The van der Waals surface area contributed by atoms with Gasteiger partial charge in [-0.05, 0) is 18.6 Å². The summed E-state index contributed by atoms with van der Waals surface area (Å²) < 4.78 is 38.6. The molecule has 0 saturated heterocycles. The fraction of sp³-hybridized carbons (Fsp3) is 0.364. The quantitative estimate of drug-likeness (QED) is 0.756. The van der Waals surface area contributed by atoms with Crippen LogP contribution >= 0.6 is 11.6 Å². The lowest BCUT2D eigenvalue weighted by atomic mass is 10.2. The highest BCUT2D eigenvalue weighted by Gasteiger charge is 2.30. The summed E-state index contributed by atoms with van der Waals surface area (Å²) >= 11 is 5.63. The first-order valence-electron chi connectivity index (χ1n) is 5.00. The van der Waals surface area contributed by atoms with Gasteiger partial charge in [0.1, 0.15) is 12.4 Å². The molecule has 0 bridgehead atoms. The normalized spacial score (nSPS) is 12.3. The summed E-state index contributed by atoms with van der Waals surface area (Å²) in [6.07, 6.45) is -4.28. The molecule has 0 aliphatic rings. The minimum atomic E-state index is -4.28. The first-order chi connectivity index (χ1) is 7.92. The Balaban J connectivity index is 2.65. The Bertz CT molecular complexity index is 545. The zero-order valence-corrected chi connectivity index (χ0v) is 9.81. The number of benzene rings is 1. The molecule has 0 spiro atoms. The predicted molar refractivity (Wildman–Crippen MR) is 60.1 cm³/mol. The second-order valence-electron chi connectivity index (χ2n) is 3.81. The maximum Gasteiger partial charge on any atom is 0.406 e. The maximum atomic E-state index is 12.5. The molecule has 0 aliphatic carbocycles. The van der Waals surface area contributed by atoms with E-state index in [0.29, 0.717) is 11.0 Å². The van der Waals surface area contributed by atoms with Crippen molar-refractivity contribution in [3.05, 3.63) is 29.6 Å². The molecule has 1 aromatic heterocycles. The fourth-order valence-electron chi connectivity index (χ4n) is 1.86. The van der Waals surface area contributed by atoms with Crippen molar-refractivity contribution in [2.75, 3.05) is 0 Å². The summed E-state index contributed by atoms with van der Waals surface area (Å²) in [5.41, 5.74) is 1.81. The van der Waals surface area contributed by atoms with Gasteiger partial charge in [-0.1, -0.05) is 12.1 Å². The molecule has 1 aromatic carbocycles. The molecule has 0 amide bonds. The largest absolute Gasteiger partial charge is 0.406 e. The molecular weight excluding hydrogens is 253 g/mol. The monoisotopic (exact) mass is 262 g/mol. The minimum Gasteiger partial charge on any atom is -0.318 e. The lowest BCUT2D eigenvalue weighted by Gasteiger charge is -2.11. The number of rotatable bonds is 2. The van der Waals surface area contributed by atoms with Gasteiger partial charge in [0.05, 0.1) is 16.9 Å².